The molecular formula is C19H28N4O2. The third-order valence-electron chi connectivity index (χ3n) is 5.57. The molecule has 1 atom stereocenters. The summed E-state index contributed by atoms with van der Waals surface area (Å²) in [5.41, 5.74) is 2.06. The van der Waals surface area contributed by atoms with Crippen LogP contribution >= 0.6 is 0 Å². The highest BCUT2D eigenvalue weighted by Crippen LogP contribution is 2.33. The van der Waals surface area contributed by atoms with Crippen LogP contribution in [0.1, 0.15) is 69.6 Å². The van der Waals surface area contributed by atoms with Crippen LogP contribution < -0.4 is 0 Å². The molecule has 0 radical (unpaired) electrons. The Morgan fingerprint density at radius 1 is 1.28 bits per heavy atom. The van der Waals surface area contributed by atoms with Crippen LogP contribution in [0, 0.1) is 5.92 Å². The van der Waals surface area contributed by atoms with Crippen molar-refractivity contribution >= 4 is 11.8 Å². The van der Waals surface area contributed by atoms with Crippen molar-refractivity contribution < 1.29 is 9.59 Å². The van der Waals surface area contributed by atoms with Gasteiger partial charge >= 0.3 is 0 Å². The SMILES string of the molecule is CCC(CC)C(=O)N1CCC[C@@H]1c1ncc2c(n1)CCN(C(C)=O)C2. The zero-order valence-corrected chi connectivity index (χ0v) is 15.5. The average molecular weight is 344 g/mol. The number of rotatable bonds is 4. The maximum absolute atomic E-state index is 12.8. The molecule has 25 heavy (non-hydrogen) atoms. The molecule has 0 aliphatic carbocycles. The van der Waals surface area contributed by atoms with Crippen molar-refractivity contribution in [3.8, 4) is 0 Å². The molecule has 1 aromatic rings. The molecule has 0 spiro atoms. The molecule has 0 unspecified atom stereocenters. The summed E-state index contributed by atoms with van der Waals surface area (Å²) in [5, 5.41) is 0. The van der Waals surface area contributed by atoms with E-state index in [1.54, 1.807) is 6.92 Å². The molecule has 2 amide bonds. The van der Waals surface area contributed by atoms with Crippen LogP contribution in [0.5, 0.6) is 0 Å². The third kappa shape index (κ3) is 3.53. The van der Waals surface area contributed by atoms with Crippen LogP contribution in [-0.2, 0) is 22.6 Å². The summed E-state index contributed by atoms with van der Waals surface area (Å²) in [6, 6.07) is 0.00392. The summed E-state index contributed by atoms with van der Waals surface area (Å²) < 4.78 is 0. The normalized spacial score (nSPS) is 20.1. The minimum Gasteiger partial charge on any atom is -0.338 e. The van der Waals surface area contributed by atoms with Gasteiger partial charge < -0.3 is 9.80 Å². The number of carbonyl (C=O) groups excluding carboxylic acids is 2. The van der Waals surface area contributed by atoms with Gasteiger partial charge in [0.2, 0.25) is 11.8 Å². The van der Waals surface area contributed by atoms with E-state index < -0.39 is 0 Å². The summed E-state index contributed by atoms with van der Waals surface area (Å²) in [4.78, 5) is 37.6. The fourth-order valence-corrected chi connectivity index (χ4v) is 3.93. The van der Waals surface area contributed by atoms with Crippen LogP contribution in [-0.4, -0.2) is 44.7 Å². The minimum absolute atomic E-state index is 0.00392. The van der Waals surface area contributed by atoms with Crippen molar-refractivity contribution in [2.75, 3.05) is 13.1 Å². The zero-order chi connectivity index (χ0) is 18.0. The molecular weight excluding hydrogens is 316 g/mol. The quantitative estimate of drug-likeness (QED) is 0.842. The molecule has 0 aromatic carbocycles. The molecule has 0 bridgehead atoms. The van der Waals surface area contributed by atoms with Gasteiger partial charge in [-0.3, -0.25) is 9.59 Å². The molecule has 1 saturated heterocycles. The lowest BCUT2D eigenvalue weighted by molar-refractivity contribution is -0.137. The summed E-state index contributed by atoms with van der Waals surface area (Å²) in [7, 11) is 0. The fourth-order valence-electron chi connectivity index (χ4n) is 3.93. The van der Waals surface area contributed by atoms with Gasteiger partial charge in [0.05, 0.1) is 11.7 Å². The smallest absolute Gasteiger partial charge is 0.226 e. The third-order valence-corrected chi connectivity index (χ3v) is 5.57. The molecule has 6 nitrogen and oxygen atoms in total. The molecule has 2 aliphatic rings. The van der Waals surface area contributed by atoms with E-state index in [9.17, 15) is 9.59 Å². The first-order valence-electron chi connectivity index (χ1n) is 9.45. The predicted octanol–water partition coefficient (Wildman–Crippen LogP) is 2.48. The fraction of sp³-hybridized carbons (Fsp3) is 0.684. The van der Waals surface area contributed by atoms with Gasteiger partial charge in [-0.05, 0) is 25.7 Å². The van der Waals surface area contributed by atoms with Crippen molar-refractivity contribution in [1.82, 2.24) is 19.8 Å². The average Bonchev–Trinajstić information content (AvgIpc) is 3.11. The second-order valence-electron chi connectivity index (χ2n) is 7.09. The number of hydrogen-bond acceptors (Lipinski definition) is 4. The van der Waals surface area contributed by atoms with Crippen LogP contribution in [0.4, 0.5) is 0 Å². The number of likely N-dealkylation sites (tertiary alicyclic amines) is 1. The molecule has 1 fully saturated rings. The Morgan fingerprint density at radius 3 is 2.72 bits per heavy atom. The van der Waals surface area contributed by atoms with Crippen molar-refractivity contribution in [3.05, 3.63) is 23.3 Å². The van der Waals surface area contributed by atoms with Crippen molar-refractivity contribution in [2.45, 2.75) is 65.5 Å². The van der Waals surface area contributed by atoms with Crippen LogP contribution in [0.2, 0.25) is 0 Å². The molecule has 1 aromatic heterocycles. The minimum atomic E-state index is 0.00392. The second kappa shape index (κ2) is 7.50. The topological polar surface area (TPSA) is 66.4 Å². The van der Waals surface area contributed by atoms with Gasteiger partial charge in [0.25, 0.3) is 0 Å². The summed E-state index contributed by atoms with van der Waals surface area (Å²) in [5.74, 6) is 1.21. The molecule has 3 rings (SSSR count). The van der Waals surface area contributed by atoms with E-state index in [4.69, 9.17) is 4.98 Å². The Balaban J connectivity index is 1.80. The van der Waals surface area contributed by atoms with E-state index in [2.05, 4.69) is 18.8 Å². The van der Waals surface area contributed by atoms with Gasteiger partial charge in [-0.1, -0.05) is 13.8 Å². The van der Waals surface area contributed by atoms with E-state index >= 15 is 0 Å². The first-order valence-corrected chi connectivity index (χ1v) is 9.45. The van der Waals surface area contributed by atoms with Gasteiger partial charge in [0.1, 0.15) is 0 Å². The number of carbonyl (C=O) groups is 2. The van der Waals surface area contributed by atoms with Gasteiger partial charge in [-0.15, -0.1) is 0 Å². The second-order valence-corrected chi connectivity index (χ2v) is 7.09. The highest BCUT2D eigenvalue weighted by molar-refractivity contribution is 5.79. The Morgan fingerprint density at radius 2 is 2.04 bits per heavy atom. The lowest BCUT2D eigenvalue weighted by Gasteiger charge is -2.30. The van der Waals surface area contributed by atoms with E-state index in [0.29, 0.717) is 13.1 Å². The molecule has 3 heterocycles. The van der Waals surface area contributed by atoms with Crippen LogP contribution in [0.3, 0.4) is 0 Å². The first kappa shape index (κ1) is 17.8. The number of nitrogens with zero attached hydrogens (tertiary/aromatic N) is 4. The monoisotopic (exact) mass is 344 g/mol. The Bertz CT molecular complexity index is 657. The summed E-state index contributed by atoms with van der Waals surface area (Å²) in [6.07, 6.45) is 6.32. The van der Waals surface area contributed by atoms with Gasteiger partial charge in [0.15, 0.2) is 5.82 Å². The Kier molecular flexibility index (Phi) is 5.35. The van der Waals surface area contributed by atoms with Crippen molar-refractivity contribution in [3.63, 3.8) is 0 Å². The van der Waals surface area contributed by atoms with E-state index in [0.717, 1.165) is 55.7 Å². The Labute approximate surface area is 149 Å². The zero-order valence-electron chi connectivity index (χ0n) is 15.5. The van der Waals surface area contributed by atoms with Gasteiger partial charge in [-0.25, -0.2) is 9.97 Å². The molecule has 0 saturated carbocycles. The lowest BCUT2D eigenvalue weighted by atomic mass is 10.0. The van der Waals surface area contributed by atoms with Crippen molar-refractivity contribution in [1.29, 1.82) is 0 Å². The number of fused-ring (bicyclic) bond motifs is 1. The number of hydrogen-bond donors (Lipinski definition) is 0. The number of aromatic nitrogens is 2. The maximum Gasteiger partial charge on any atom is 0.226 e. The highest BCUT2D eigenvalue weighted by Gasteiger charge is 2.35. The highest BCUT2D eigenvalue weighted by atomic mass is 16.2. The van der Waals surface area contributed by atoms with E-state index in [1.807, 2.05) is 16.0 Å². The standard InChI is InChI=1S/C19H28N4O2/c1-4-14(5-2)19(25)23-9-6-7-17(23)18-20-11-15-12-22(13(3)24)10-8-16(15)21-18/h11,14,17H,4-10,12H2,1-3H3/t17-/m1/s1. The number of amides is 2. The summed E-state index contributed by atoms with van der Waals surface area (Å²) in [6.45, 7) is 7.85. The lowest BCUT2D eigenvalue weighted by Crippen LogP contribution is -2.37. The molecule has 0 N–H and O–H groups in total. The van der Waals surface area contributed by atoms with Crippen LogP contribution in [0.25, 0.3) is 0 Å². The molecule has 6 heteroatoms. The van der Waals surface area contributed by atoms with Crippen molar-refractivity contribution in [2.24, 2.45) is 5.92 Å². The predicted molar refractivity (Wildman–Crippen MR) is 94.6 cm³/mol. The van der Waals surface area contributed by atoms with Gasteiger partial charge in [-0.2, -0.15) is 0 Å². The largest absolute Gasteiger partial charge is 0.338 e. The molecule has 136 valence electrons. The maximum atomic E-state index is 12.8. The summed E-state index contributed by atoms with van der Waals surface area (Å²) >= 11 is 0. The van der Waals surface area contributed by atoms with Crippen LogP contribution in [0.15, 0.2) is 6.20 Å². The Hall–Kier alpha value is -1.98. The molecule has 2 aliphatic heterocycles. The van der Waals surface area contributed by atoms with E-state index in [1.165, 1.54) is 0 Å². The van der Waals surface area contributed by atoms with E-state index in [-0.39, 0.29) is 23.8 Å². The van der Waals surface area contributed by atoms with Gasteiger partial charge in [0, 0.05) is 50.7 Å². The first-order chi connectivity index (χ1) is 12.0.